The molecule has 3 rings (SSSR count). The predicted octanol–water partition coefficient (Wildman–Crippen LogP) is 3.36. The lowest BCUT2D eigenvalue weighted by atomic mass is 10.1. The van der Waals surface area contributed by atoms with E-state index in [-0.39, 0.29) is 12.1 Å². The average Bonchev–Trinajstić information content (AvgIpc) is 2.64. The molecule has 0 fully saturated rings. The molecule has 0 saturated carbocycles. The van der Waals surface area contributed by atoms with E-state index in [0.717, 1.165) is 0 Å². The lowest BCUT2D eigenvalue weighted by molar-refractivity contribution is 0.182. The molecule has 0 saturated heterocycles. The topological polar surface area (TPSA) is 58.0 Å². The van der Waals surface area contributed by atoms with E-state index in [2.05, 4.69) is 4.98 Å². The molecule has 1 aliphatic carbocycles. The second-order valence-electron chi connectivity index (χ2n) is 4.54. The molecular weight excluding hydrogens is 323 g/mol. The number of hydrogen-bond acceptors (Lipinski definition) is 2. The van der Waals surface area contributed by atoms with Gasteiger partial charge in [-0.25, -0.2) is 4.79 Å². The number of fused-ring (bicyclic) bond motifs is 1. The summed E-state index contributed by atoms with van der Waals surface area (Å²) in [6, 6.07) is 3.16. The molecule has 1 aromatic heterocycles. The van der Waals surface area contributed by atoms with E-state index in [1.165, 1.54) is 10.6 Å². The summed E-state index contributed by atoms with van der Waals surface area (Å²) in [6.07, 6.45) is 5.08. The Morgan fingerprint density at radius 1 is 1.35 bits per heavy atom. The van der Waals surface area contributed by atoms with Gasteiger partial charge in [-0.2, -0.15) is 0 Å². The van der Waals surface area contributed by atoms with Gasteiger partial charge in [-0.15, -0.1) is 0 Å². The van der Waals surface area contributed by atoms with Gasteiger partial charge in [-0.3, -0.25) is 4.57 Å². The monoisotopic (exact) mass is 330 g/mol. The van der Waals surface area contributed by atoms with Crippen molar-refractivity contribution in [3.05, 3.63) is 50.9 Å². The SMILES string of the molecule is O=c1[nH]c2cc(Cl)cc(Cl)c2n1C1=CC(O)(Cl)CC=C1. The van der Waals surface area contributed by atoms with Crippen molar-refractivity contribution in [2.24, 2.45) is 0 Å². The van der Waals surface area contributed by atoms with Crippen LogP contribution < -0.4 is 5.69 Å². The number of allylic oxidation sites excluding steroid dienone is 2. The fourth-order valence-electron chi connectivity index (χ4n) is 2.23. The lowest BCUT2D eigenvalue weighted by Crippen LogP contribution is -2.23. The number of nitrogens with zero attached hydrogens (tertiary/aromatic N) is 1. The average molecular weight is 332 g/mol. The van der Waals surface area contributed by atoms with E-state index in [1.807, 2.05) is 0 Å². The maximum atomic E-state index is 12.1. The summed E-state index contributed by atoms with van der Waals surface area (Å²) in [6.45, 7) is 0. The first-order chi connectivity index (χ1) is 9.37. The van der Waals surface area contributed by atoms with Crippen molar-refractivity contribution >= 4 is 51.5 Å². The van der Waals surface area contributed by atoms with Crippen LogP contribution in [0.15, 0.2) is 35.2 Å². The quantitative estimate of drug-likeness (QED) is 0.787. The third-order valence-corrected chi connectivity index (χ3v) is 3.79. The second kappa shape index (κ2) is 4.67. The van der Waals surface area contributed by atoms with Crippen molar-refractivity contribution < 1.29 is 5.11 Å². The van der Waals surface area contributed by atoms with E-state index in [9.17, 15) is 9.90 Å². The number of halogens is 3. The van der Waals surface area contributed by atoms with Gasteiger partial charge in [0.05, 0.1) is 21.8 Å². The van der Waals surface area contributed by atoms with Gasteiger partial charge in [0, 0.05) is 11.4 Å². The minimum atomic E-state index is -1.51. The number of H-pyrrole nitrogens is 1. The molecule has 1 heterocycles. The van der Waals surface area contributed by atoms with Crippen molar-refractivity contribution in [1.82, 2.24) is 9.55 Å². The first-order valence-corrected chi connectivity index (χ1v) is 6.92. The van der Waals surface area contributed by atoms with Crippen LogP contribution in [-0.4, -0.2) is 19.7 Å². The number of hydrogen-bond donors (Lipinski definition) is 2. The molecule has 4 nitrogen and oxygen atoms in total. The summed E-state index contributed by atoms with van der Waals surface area (Å²) in [7, 11) is 0. The number of imidazole rings is 1. The lowest BCUT2D eigenvalue weighted by Gasteiger charge is -2.20. The van der Waals surface area contributed by atoms with Crippen molar-refractivity contribution in [2.45, 2.75) is 11.5 Å². The highest BCUT2D eigenvalue weighted by atomic mass is 35.5. The number of rotatable bonds is 1. The number of alkyl halides is 1. The highest BCUT2D eigenvalue weighted by molar-refractivity contribution is 6.38. The van der Waals surface area contributed by atoms with Crippen LogP contribution >= 0.6 is 34.8 Å². The van der Waals surface area contributed by atoms with Crippen molar-refractivity contribution in [1.29, 1.82) is 0 Å². The number of benzene rings is 1. The molecule has 0 spiro atoms. The minimum absolute atomic E-state index is 0.273. The number of nitrogens with one attached hydrogen (secondary N) is 1. The molecule has 20 heavy (non-hydrogen) atoms. The van der Waals surface area contributed by atoms with Gasteiger partial charge in [0.1, 0.15) is 0 Å². The molecule has 1 unspecified atom stereocenters. The van der Waals surface area contributed by atoms with E-state index < -0.39 is 5.06 Å². The third-order valence-electron chi connectivity index (χ3n) is 3.02. The molecule has 0 aliphatic heterocycles. The zero-order valence-corrected chi connectivity index (χ0v) is 12.3. The first-order valence-electron chi connectivity index (χ1n) is 5.78. The van der Waals surface area contributed by atoms with Crippen LogP contribution in [0.2, 0.25) is 10.0 Å². The predicted molar refractivity (Wildman–Crippen MR) is 81.4 cm³/mol. The van der Waals surface area contributed by atoms with Crippen LogP contribution in [-0.2, 0) is 0 Å². The molecule has 0 bridgehead atoms. The van der Waals surface area contributed by atoms with Gasteiger partial charge in [-0.1, -0.05) is 40.9 Å². The van der Waals surface area contributed by atoms with Crippen molar-refractivity contribution in [2.75, 3.05) is 0 Å². The standard InChI is InChI=1S/C13H9Cl3N2O2/c14-7-4-9(15)11-10(5-7)17-12(19)18(11)8-2-1-3-13(16,20)6-8/h1-2,4-6,20H,3H2,(H,17,19). The summed E-state index contributed by atoms with van der Waals surface area (Å²) < 4.78 is 1.36. The normalized spacial score (nSPS) is 22.3. The molecule has 1 aliphatic rings. The van der Waals surface area contributed by atoms with E-state index >= 15 is 0 Å². The molecule has 7 heteroatoms. The Morgan fingerprint density at radius 2 is 2.10 bits per heavy atom. The largest absolute Gasteiger partial charge is 0.371 e. The molecular formula is C13H9Cl3N2O2. The van der Waals surface area contributed by atoms with E-state index in [0.29, 0.717) is 26.8 Å². The zero-order valence-electron chi connectivity index (χ0n) is 10.0. The van der Waals surface area contributed by atoms with Crippen molar-refractivity contribution in [3.8, 4) is 0 Å². The van der Waals surface area contributed by atoms with Crippen LogP contribution in [0.5, 0.6) is 0 Å². The van der Waals surface area contributed by atoms with Crippen LogP contribution in [0, 0.1) is 0 Å². The second-order valence-corrected chi connectivity index (χ2v) is 6.04. The maximum absolute atomic E-state index is 12.1. The highest BCUT2D eigenvalue weighted by Crippen LogP contribution is 2.31. The van der Waals surface area contributed by atoms with Crippen LogP contribution in [0.1, 0.15) is 6.42 Å². The maximum Gasteiger partial charge on any atom is 0.331 e. The van der Waals surface area contributed by atoms with Crippen LogP contribution in [0.3, 0.4) is 0 Å². The molecule has 1 aromatic carbocycles. The number of aliphatic hydroxyl groups is 1. The van der Waals surface area contributed by atoms with Gasteiger partial charge in [0.2, 0.25) is 0 Å². The zero-order chi connectivity index (χ0) is 14.5. The Morgan fingerprint density at radius 3 is 2.80 bits per heavy atom. The summed E-state index contributed by atoms with van der Waals surface area (Å²) in [5.41, 5.74) is 1.08. The molecule has 0 amide bonds. The smallest absolute Gasteiger partial charge is 0.331 e. The van der Waals surface area contributed by atoms with Gasteiger partial charge in [0.25, 0.3) is 0 Å². The third kappa shape index (κ3) is 2.29. The molecule has 0 radical (unpaired) electrons. The van der Waals surface area contributed by atoms with E-state index in [4.69, 9.17) is 34.8 Å². The fourth-order valence-corrected chi connectivity index (χ4v) is 3.00. The Kier molecular flexibility index (Phi) is 3.21. The van der Waals surface area contributed by atoms with Crippen molar-refractivity contribution in [3.63, 3.8) is 0 Å². The highest BCUT2D eigenvalue weighted by Gasteiger charge is 2.24. The minimum Gasteiger partial charge on any atom is -0.371 e. The molecule has 2 N–H and O–H groups in total. The molecule has 1 atom stereocenters. The number of aromatic amines is 1. The Balaban J connectivity index is 2.33. The summed E-state index contributed by atoms with van der Waals surface area (Å²) in [5, 5.41) is 9.14. The fraction of sp³-hybridized carbons (Fsp3) is 0.154. The molecule has 2 aromatic rings. The van der Waals surface area contributed by atoms with Gasteiger partial charge >= 0.3 is 5.69 Å². The van der Waals surface area contributed by atoms with Gasteiger partial charge in [-0.05, 0) is 24.3 Å². The Hall–Kier alpha value is -1.20. The first kappa shape index (κ1) is 13.8. The van der Waals surface area contributed by atoms with Gasteiger partial charge in [0.15, 0.2) is 5.06 Å². The summed E-state index contributed by atoms with van der Waals surface area (Å²) in [4.78, 5) is 14.8. The Bertz CT molecular complexity index is 815. The van der Waals surface area contributed by atoms with Crippen LogP contribution in [0.25, 0.3) is 16.7 Å². The summed E-state index contributed by atoms with van der Waals surface area (Å²) in [5.74, 6) is 0. The van der Waals surface area contributed by atoms with Crippen LogP contribution in [0.4, 0.5) is 0 Å². The Labute approximate surface area is 128 Å². The van der Waals surface area contributed by atoms with E-state index in [1.54, 1.807) is 24.3 Å². The molecule has 104 valence electrons. The number of aromatic nitrogens is 2. The van der Waals surface area contributed by atoms with Gasteiger partial charge < -0.3 is 10.1 Å². The summed E-state index contributed by atoms with van der Waals surface area (Å²) >= 11 is 18.0.